The molecule has 1 aromatic carbocycles. The molecule has 0 radical (unpaired) electrons. The van der Waals surface area contributed by atoms with Crippen molar-refractivity contribution in [2.45, 2.75) is 32.9 Å². The summed E-state index contributed by atoms with van der Waals surface area (Å²) in [4.78, 5) is 2.47. The Morgan fingerprint density at radius 2 is 2.00 bits per heavy atom. The summed E-state index contributed by atoms with van der Waals surface area (Å²) in [6.45, 7) is 6.48. The highest BCUT2D eigenvalue weighted by atomic mass is 15.1. The zero-order valence-electron chi connectivity index (χ0n) is 12.2. The summed E-state index contributed by atoms with van der Waals surface area (Å²) in [5, 5.41) is 3.52. The topological polar surface area (TPSA) is 20.2 Å². The smallest absolute Gasteiger partial charge is 0.0415 e. The van der Waals surface area contributed by atoms with E-state index in [1.54, 1.807) is 0 Å². The number of aromatic nitrogens is 1. The molecule has 2 aromatic rings. The number of rotatable bonds is 5. The molecule has 1 fully saturated rings. The second-order valence-corrected chi connectivity index (χ2v) is 5.45. The monoisotopic (exact) mass is 269 g/mol. The summed E-state index contributed by atoms with van der Waals surface area (Å²) in [5.74, 6) is 0. The lowest BCUT2D eigenvalue weighted by molar-refractivity contribution is 0.766. The molecule has 2 heterocycles. The Kier molecular flexibility index (Phi) is 3.95. The van der Waals surface area contributed by atoms with Crippen molar-refractivity contribution in [3.05, 3.63) is 48.3 Å². The fourth-order valence-electron chi connectivity index (χ4n) is 2.78. The van der Waals surface area contributed by atoms with Crippen molar-refractivity contribution in [2.75, 3.05) is 23.3 Å². The van der Waals surface area contributed by atoms with E-state index in [1.165, 1.54) is 42.9 Å². The highest BCUT2D eigenvalue weighted by molar-refractivity contribution is 5.58. The van der Waals surface area contributed by atoms with E-state index in [1.807, 2.05) is 0 Å². The molecule has 0 bridgehead atoms. The average molecular weight is 269 g/mol. The van der Waals surface area contributed by atoms with Crippen LogP contribution in [-0.4, -0.2) is 17.7 Å². The SMILES string of the molecule is CCn1ccc(CNc2cccc(N3CCCC3)c2)c1. The van der Waals surface area contributed by atoms with Crippen LogP contribution < -0.4 is 10.2 Å². The van der Waals surface area contributed by atoms with Gasteiger partial charge in [-0.2, -0.15) is 0 Å². The Bertz CT molecular complexity index is 553. The predicted molar refractivity (Wildman–Crippen MR) is 85.3 cm³/mol. The van der Waals surface area contributed by atoms with Crippen LogP contribution in [0.5, 0.6) is 0 Å². The number of aryl methyl sites for hydroxylation is 1. The lowest BCUT2D eigenvalue weighted by Gasteiger charge is -2.18. The molecule has 0 amide bonds. The summed E-state index contributed by atoms with van der Waals surface area (Å²) < 4.78 is 2.21. The third-order valence-corrected chi connectivity index (χ3v) is 3.99. The molecule has 3 heteroatoms. The van der Waals surface area contributed by atoms with Gasteiger partial charge in [0, 0.05) is 49.9 Å². The number of hydrogen-bond acceptors (Lipinski definition) is 2. The van der Waals surface area contributed by atoms with Gasteiger partial charge in [-0.1, -0.05) is 6.07 Å². The first-order valence-corrected chi connectivity index (χ1v) is 7.58. The van der Waals surface area contributed by atoms with Crippen LogP contribution in [-0.2, 0) is 13.1 Å². The van der Waals surface area contributed by atoms with E-state index in [9.17, 15) is 0 Å². The molecule has 0 saturated carbocycles. The number of benzene rings is 1. The van der Waals surface area contributed by atoms with Crippen LogP contribution in [0.4, 0.5) is 11.4 Å². The number of nitrogens with zero attached hydrogens (tertiary/aromatic N) is 2. The number of nitrogens with one attached hydrogen (secondary N) is 1. The van der Waals surface area contributed by atoms with Gasteiger partial charge < -0.3 is 14.8 Å². The maximum absolute atomic E-state index is 3.52. The zero-order valence-corrected chi connectivity index (χ0v) is 12.2. The largest absolute Gasteiger partial charge is 0.381 e. The first-order chi connectivity index (χ1) is 9.85. The van der Waals surface area contributed by atoms with E-state index in [0.717, 1.165) is 13.1 Å². The molecule has 1 saturated heterocycles. The third kappa shape index (κ3) is 2.98. The second kappa shape index (κ2) is 6.04. The van der Waals surface area contributed by atoms with Gasteiger partial charge in [-0.05, 0) is 49.6 Å². The van der Waals surface area contributed by atoms with Crippen molar-refractivity contribution in [1.29, 1.82) is 0 Å². The lowest BCUT2D eigenvalue weighted by atomic mass is 10.2. The van der Waals surface area contributed by atoms with E-state index >= 15 is 0 Å². The molecular weight excluding hydrogens is 246 g/mol. The highest BCUT2D eigenvalue weighted by Crippen LogP contribution is 2.23. The van der Waals surface area contributed by atoms with Gasteiger partial charge in [-0.3, -0.25) is 0 Å². The van der Waals surface area contributed by atoms with Gasteiger partial charge in [-0.25, -0.2) is 0 Å². The van der Waals surface area contributed by atoms with Crippen LogP contribution in [0.25, 0.3) is 0 Å². The molecule has 0 unspecified atom stereocenters. The fraction of sp³-hybridized carbons (Fsp3) is 0.412. The van der Waals surface area contributed by atoms with Crippen LogP contribution in [0, 0.1) is 0 Å². The number of anilines is 2. The molecule has 106 valence electrons. The van der Waals surface area contributed by atoms with Crippen LogP contribution in [0.2, 0.25) is 0 Å². The van der Waals surface area contributed by atoms with Crippen LogP contribution in [0.15, 0.2) is 42.7 Å². The van der Waals surface area contributed by atoms with E-state index in [2.05, 4.69) is 64.4 Å². The van der Waals surface area contributed by atoms with Gasteiger partial charge in [0.1, 0.15) is 0 Å². The Morgan fingerprint density at radius 3 is 2.75 bits per heavy atom. The van der Waals surface area contributed by atoms with Gasteiger partial charge in [0.2, 0.25) is 0 Å². The minimum atomic E-state index is 0.885. The third-order valence-electron chi connectivity index (χ3n) is 3.99. The van der Waals surface area contributed by atoms with Crippen molar-refractivity contribution in [2.24, 2.45) is 0 Å². The summed E-state index contributed by atoms with van der Waals surface area (Å²) in [6, 6.07) is 11.0. The molecule has 1 aliphatic heterocycles. The fourth-order valence-corrected chi connectivity index (χ4v) is 2.78. The standard InChI is InChI=1S/C17H23N3/c1-2-19-11-8-15(14-19)13-18-16-6-5-7-17(12-16)20-9-3-4-10-20/h5-8,11-12,14,18H,2-4,9-10,13H2,1H3. The molecule has 1 N–H and O–H groups in total. The first-order valence-electron chi connectivity index (χ1n) is 7.58. The number of hydrogen-bond donors (Lipinski definition) is 1. The van der Waals surface area contributed by atoms with Crippen molar-refractivity contribution in [1.82, 2.24) is 4.57 Å². The molecular formula is C17H23N3. The molecule has 0 spiro atoms. The Balaban J connectivity index is 1.63. The second-order valence-electron chi connectivity index (χ2n) is 5.45. The van der Waals surface area contributed by atoms with Gasteiger partial charge in [-0.15, -0.1) is 0 Å². The van der Waals surface area contributed by atoms with Crippen molar-refractivity contribution in [3.8, 4) is 0 Å². The maximum Gasteiger partial charge on any atom is 0.0415 e. The first kappa shape index (κ1) is 13.1. The minimum Gasteiger partial charge on any atom is -0.381 e. The van der Waals surface area contributed by atoms with Crippen LogP contribution in [0.1, 0.15) is 25.3 Å². The van der Waals surface area contributed by atoms with E-state index in [4.69, 9.17) is 0 Å². The molecule has 0 aliphatic carbocycles. The summed E-state index contributed by atoms with van der Waals surface area (Å²) in [7, 11) is 0. The van der Waals surface area contributed by atoms with Gasteiger partial charge >= 0.3 is 0 Å². The zero-order chi connectivity index (χ0) is 13.8. The molecule has 3 nitrogen and oxygen atoms in total. The molecule has 20 heavy (non-hydrogen) atoms. The summed E-state index contributed by atoms with van der Waals surface area (Å²) in [6.07, 6.45) is 6.99. The Morgan fingerprint density at radius 1 is 1.15 bits per heavy atom. The Labute approximate surface area is 121 Å². The van der Waals surface area contributed by atoms with Gasteiger partial charge in [0.15, 0.2) is 0 Å². The normalized spacial score (nSPS) is 14.8. The van der Waals surface area contributed by atoms with E-state index < -0.39 is 0 Å². The van der Waals surface area contributed by atoms with Crippen molar-refractivity contribution >= 4 is 11.4 Å². The Hall–Kier alpha value is -1.90. The van der Waals surface area contributed by atoms with Gasteiger partial charge in [0.25, 0.3) is 0 Å². The van der Waals surface area contributed by atoms with Crippen molar-refractivity contribution in [3.63, 3.8) is 0 Å². The van der Waals surface area contributed by atoms with E-state index in [-0.39, 0.29) is 0 Å². The highest BCUT2D eigenvalue weighted by Gasteiger charge is 2.12. The van der Waals surface area contributed by atoms with Gasteiger partial charge in [0.05, 0.1) is 0 Å². The molecule has 1 aliphatic rings. The summed E-state index contributed by atoms with van der Waals surface area (Å²) >= 11 is 0. The minimum absolute atomic E-state index is 0.885. The van der Waals surface area contributed by atoms with Crippen molar-refractivity contribution < 1.29 is 0 Å². The molecule has 0 atom stereocenters. The quantitative estimate of drug-likeness (QED) is 0.892. The molecule has 3 rings (SSSR count). The van der Waals surface area contributed by atoms with Crippen LogP contribution >= 0.6 is 0 Å². The van der Waals surface area contributed by atoms with E-state index in [0.29, 0.717) is 0 Å². The molecule has 1 aromatic heterocycles. The maximum atomic E-state index is 3.52. The lowest BCUT2D eigenvalue weighted by Crippen LogP contribution is -2.17. The van der Waals surface area contributed by atoms with Crippen LogP contribution in [0.3, 0.4) is 0 Å². The summed E-state index contributed by atoms with van der Waals surface area (Å²) in [5.41, 5.74) is 3.88. The predicted octanol–water partition coefficient (Wildman–Crippen LogP) is 3.72. The average Bonchev–Trinajstić information content (AvgIpc) is 3.17.